The molecule has 2 rings (SSSR count). The van der Waals surface area contributed by atoms with E-state index in [-0.39, 0.29) is 12.1 Å². The third-order valence-corrected chi connectivity index (χ3v) is 3.83. The van der Waals surface area contributed by atoms with Crippen molar-refractivity contribution in [3.63, 3.8) is 0 Å². The summed E-state index contributed by atoms with van der Waals surface area (Å²) in [6.07, 6.45) is 9.88. The molecule has 3 nitrogen and oxygen atoms in total. The molecule has 0 bridgehead atoms. The van der Waals surface area contributed by atoms with Gasteiger partial charge in [-0.1, -0.05) is 33.1 Å². The minimum Gasteiger partial charge on any atom is -0.394 e. The van der Waals surface area contributed by atoms with Crippen LogP contribution < -0.4 is 0 Å². The van der Waals surface area contributed by atoms with Gasteiger partial charge >= 0.3 is 0 Å². The van der Waals surface area contributed by atoms with Crippen molar-refractivity contribution in [2.75, 3.05) is 6.61 Å². The number of hydrogen-bond donors (Lipinski definition) is 1. The van der Waals surface area contributed by atoms with Crippen LogP contribution in [-0.2, 0) is 5.54 Å². The molecule has 0 unspecified atom stereocenters. The van der Waals surface area contributed by atoms with Crippen LogP contribution in [0.4, 0.5) is 0 Å². The van der Waals surface area contributed by atoms with Gasteiger partial charge in [0.15, 0.2) is 0 Å². The van der Waals surface area contributed by atoms with Crippen LogP contribution in [0.3, 0.4) is 0 Å². The van der Waals surface area contributed by atoms with Crippen LogP contribution in [0.5, 0.6) is 0 Å². The fourth-order valence-electron chi connectivity index (χ4n) is 2.56. The van der Waals surface area contributed by atoms with Gasteiger partial charge in [-0.15, -0.1) is 0 Å². The quantitative estimate of drug-likeness (QED) is 0.853. The molecule has 0 spiro atoms. The molecule has 0 aromatic carbocycles. The largest absolute Gasteiger partial charge is 0.394 e. The lowest BCUT2D eigenvalue weighted by Crippen LogP contribution is -2.39. The third kappa shape index (κ3) is 2.01. The molecular formula is C13H22N2O. The van der Waals surface area contributed by atoms with E-state index in [0.29, 0.717) is 5.92 Å². The molecule has 0 atom stereocenters. The van der Waals surface area contributed by atoms with Crippen LogP contribution in [0.2, 0.25) is 0 Å². The summed E-state index contributed by atoms with van der Waals surface area (Å²) < 4.78 is 2.02. The van der Waals surface area contributed by atoms with E-state index in [0.717, 1.165) is 12.8 Å². The molecule has 1 aliphatic carbocycles. The van der Waals surface area contributed by atoms with Crippen molar-refractivity contribution in [1.29, 1.82) is 0 Å². The number of nitrogens with zero attached hydrogens (tertiary/aromatic N) is 2. The Morgan fingerprint density at radius 1 is 1.38 bits per heavy atom. The van der Waals surface area contributed by atoms with Crippen molar-refractivity contribution < 1.29 is 5.11 Å². The average molecular weight is 222 g/mol. The number of hydrogen-bond acceptors (Lipinski definition) is 2. The predicted molar refractivity (Wildman–Crippen MR) is 64.5 cm³/mol. The molecule has 1 N–H and O–H groups in total. The molecule has 16 heavy (non-hydrogen) atoms. The molecule has 0 radical (unpaired) electrons. The molecule has 1 fully saturated rings. The Bertz CT molecular complexity index is 337. The van der Waals surface area contributed by atoms with E-state index in [1.54, 1.807) is 0 Å². The van der Waals surface area contributed by atoms with Gasteiger partial charge in [-0.25, -0.2) is 0 Å². The second-order valence-electron chi connectivity index (χ2n) is 5.32. The van der Waals surface area contributed by atoms with Crippen LogP contribution >= 0.6 is 0 Å². The highest BCUT2D eigenvalue weighted by Gasteiger charge is 2.34. The minimum atomic E-state index is -0.120. The Balaban J connectivity index is 2.25. The summed E-state index contributed by atoms with van der Waals surface area (Å²) in [7, 11) is 0. The Kier molecular flexibility index (Phi) is 3.33. The zero-order valence-corrected chi connectivity index (χ0v) is 10.3. The molecule has 1 aliphatic rings. The molecule has 0 saturated heterocycles. The Morgan fingerprint density at radius 2 is 2.06 bits per heavy atom. The normalized spacial score (nSPS) is 20.2. The maximum atomic E-state index is 9.68. The molecule has 3 heteroatoms. The van der Waals surface area contributed by atoms with E-state index in [9.17, 15) is 5.11 Å². The molecule has 1 heterocycles. The molecule has 1 saturated carbocycles. The van der Waals surface area contributed by atoms with Crippen molar-refractivity contribution >= 4 is 0 Å². The monoisotopic (exact) mass is 222 g/mol. The standard InChI is InChI=1S/C13H22N2O/c1-11(2)12-8-14-15(9-12)13(10-16)6-4-3-5-7-13/h8-9,11,16H,3-7,10H2,1-2H3. The molecule has 1 aromatic rings. The second kappa shape index (κ2) is 4.58. The Morgan fingerprint density at radius 3 is 2.56 bits per heavy atom. The Hall–Kier alpha value is -0.830. The van der Waals surface area contributed by atoms with Crippen LogP contribution in [0.25, 0.3) is 0 Å². The Labute approximate surface area is 97.5 Å². The average Bonchev–Trinajstić information content (AvgIpc) is 2.80. The van der Waals surface area contributed by atoms with Gasteiger partial charge < -0.3 is 5.11 Å². The SMILES string of the molecule is CC(C)c1cnn(C2(CO)CCCCC2)c1. The fourth-order valence-corrected chi connectivity index (χ4v) is 2.56. The van der Waals surface area contributed by atoms with Gasteiger partial charge in [-0.3, -0.25) is 4.68 Å². The molecule has 0 aliphatic heterocycles. The number of rotatable bonds is 3. The second-order valence-corrected chi connectivity index (χ2v) is 5.32. The van der Waals surface area contributed by atoms with E-state index in [4.69, 9.17) is 0 Å². The van der Waals surface area contributed by atoms with Gasteiger partial charge in [0.2, 0.25) is 0 Å². The summed E-state index contributed by atoms with van der Waals surface area (Å²) in [4.78, 5) is 0. The van der Waals surface area contributed by atoms with E-state index in [1.807, 2.05) is 10.9 Å². The van der Waals surface area contributed by atoms with Crippen LogP contribution in [0.15, 0.2) is 12.4 Å². The molecule has 0 amide bonds. The summed E-state index contributed by atoms with van der Waals surface area (Å²) in [5.74, 6) is 0.507. The maximum Gasteiger partial charge on any atom is 0.0857 e. The van der Waals surface area contributed by atoms with Gasteiger partial charge in [-0.2, -0.15) is 5.10 Å². The fraction of sp³-hybridized carbons (Fsp3) is 0.769. The van der Waals surface area contributed by atoms with E-state index >= 15 is 0 Å². The summed E-state index contributed by atoms with van der Waals surface area (Å²) in [6.45, 7) is 4.56. The van der Waals surface area contributed by atoms with Crippen molar-refractivity contribution in [1.82, 2.24) is 9.78 Å². The molecule has 90 valence electrons. The summed E-state index contributed by atoms with van der Waals surface area (Å²) in [5, 5.41) is 14.1. The van der Waals surface area contributed by atoms with Gasteiger partial charge in [-0.05, 0) is 24.3 Å². The first kappa shape index (κ1) is 11.6. The van der Waals surface area contributed by atoms with E-state index in [1.165, 1.54) is 24.8 Å². The zero-order chi connectivity index (χ0) is 11.6. The van der Waals surface area contributed by atoms with Crippen LogP contribution in [-0.4, -0.2) is 21.5 Å². The van der Waals surface area contributed by atoms with Gasteiger partial charge in [0, 0.05) is 6.20 Å². The minimum absolute atomic E-state index is 0.120. The number of aliphatic hydroxyl groups is 1. The highest BCUT2D eigenvalue weighted by Crippen LogP contribution is 2.34. The van der Waals surface area contributed by atoms with E-state index in [2.05, 4.69) is 25.1 Å². The van der Waals surface area contributed by atoms with Crippen molar-refractivity contribution in [3.8, 4) is 0 Å². The zero-order valence-electron chi connectivity index (χ0n) is 10.3. The van der Waals surface area contributed by atoms with Crippen LogP contribution in [0, 0.1) is 0 Å². The van der Waals surface area contributed by atoms with Crippen LogP contribution in [0.1, 0.15) is 57.4 Å². The maximum absolute atomic E-state index is 9.68. The highest BCUT2D eigenvalue weighted by molar-refractivity contribution is 5.10. The summed E-state index contributed by atoms with van der Waals surface area (Å²) in [6, 6.07) is 0. The molecular weight excluding hydrogens is 200 g/mol. The van der Waals surface area contributed by atoms with E-state index < -0.39 is 0 Å². The van der Waals surface area contributed by atoms with Crippen molar-refractivity contribution in [2.45, 2.75) is 57.4 Å². The topological polar surface area (TPSA) is 38.0 Å². The molecule has 1 aromatic heterocycles. The first-order chi connectivity index (χ1) is 7.68. The van der Waals surface area contributed by atoms with Crippen molar-refractivity contribution in [3.05, 3.63) is 18.0 Å². The first-order valence-corrected chi connectivity index (χ1v) is 6.34. The number of aliphatic hydroxyl groups excluding tert-OH is 1. The lowest BCUT2D eigenvalue weighted by atomic mass is 9.82. The lowest BCUT2D eigenvalue weighted by Gasteiger charge is -2.35. The first-order valence-electron chi connectivity index (χ1n) is 6.34. The highest BCUT2D eigenvalue weighted by atomic mass is 16.3. The van der Waals surface area contributed by atoms with Gasteiger partial charge in [0.05, 0.1) is 18.3 Å². The lowest BCUT2D eigenvalue weighted by molar-refractivity contribution is 0.0789. The summed E-state index contributed by atoms with van der Waals surface area (Å²) in [5.41, 5.74) is 1.14. The van der Waals surface area contributed by atoms with Gasteiger partial charge in [0.1, 0.15) is 0 Å². The third-order valence-electron chi connectivity index (χ3n) is 3.83. The summed E-state index contributed by atoms with van der Waals surface area (Å²) >= 11 is 0. The van der Waals surface area contributed by atoms with Gasteiger partial charge in [0.25, 0.3) is 0 Å². The smallest absolute Gasteiger partial charge is 0.0857 e. The number of aromatic nitrogens is 2. The predicted octanol–water partition coefficient (Wildman–Crippen LogP) is 2.66. The van der Waals surface area contributed by atoms with Crippen molar-refractivity contribution in [2.24, 2.45) is 0 Å².